The van der Waals surface area contributed by atoms with Crippen LogP contribution in [0.1, 0.15) is 57.1 Å². The number of hydrogen-bond acceptors (Lipinski definition) is 1. The molecular formula is C20H32ClNOPY+. The summed E-state index contributed by atoms with van der Waals surface area (Å²) in [7, 11) is -1.20. The molecule has 1 fully saturated rings. The third kappa shape index (κ3) is 5.74. The van der Waals surface area contributed by atoms with Crippen molar-refractivity contribution in [2.75, 3.05) is 23.8 Å². The van der Waals surface area contributed by atoms with Crippen molar-refractivity contribution >= 4 is 30.5 Å². The molecule has 1 saturated heterocycles. The Hall–Kier alpha value is 0.514. The van der Waals surface area contributed by atoms with Crippen LogP contribution in [0, 0.1) is 13.8 Å². The van der Waals surface area contributed by atoms with Crippen LogP contribution < -0.4 is 5.32 Å². The molecule has 25 heavy (non-hydrogen) atoms. The molecule has 1 aliphatic heterocycles. The fraction of sp³-hybridized carbons (Fsp3) is 0.650. The SMILES string of the molecule is CCC(C(=O)Nc1c(C)cc(Cl)cc1C)[P+]1(CC)CCCCCC1.[Y]. The van der Waals surface area contributed by atoms with Gasteiger partial charge >= 0.3 is 0 Å². The molecule has 2 rings (SSSR count). The number of amides is 1. The Bertz CT molecular complexity index is 562. The number of hydrogen-bond donors (Lipinski definition) is 1. The second kappa shape index (κ2) is 10.7. The molecule has 5 heteroatoms. The zero-order valence-corrected chi connectivity index (χ0v) is 20.7. The maximum Gasteiger partial charge on any atom is 0.265 e. The first-order valence-electron chi connectivity index (χ1n) is 9.37. The summed E-state index contributed by atoms with van der Waals surface area (Å²) >= 11 is 6.13. The molecule has 1 aromatic rings. The second-order valence-corrected chi connectivity index (χ2v) is 12.2. The van der Waals surface area contributed by atoms with E-state index in [-0.39, 0.29) is 44.3 Å². The molecule has 0 aliphatic carbocycles. The minimum Gasteiger partial charge on any atom is -0.322 e. The van der Waals surface area contributed by atoms with Crippen LogP contribution in [-0.4, -0.2) is 30.1 Å². The molecule has 0 spiro atoms. The molecule has 0 bridgehead atoms. The van der Waals surface area contributed by atoms with Crippen molar-refractivity contribution in [3.8, 4) is 0 Å². The van der Waals surface area contributed by atoms with Gasteiger partial charge in [-0.25, -0.2) is 0 Å². The van der Waals surface area contributed by atoms with Crippen molar-refractivity contribution in [1.82, 2.24) is 0 Å². The van der Waals surface area contributed by atoms with E-state index < -0.39 is 7.26 Å². The first-order valence-corrected chi connectivity index (χ1v) is 12.2. The van der Waals surface area contributed by atoms with Gasteiger partial charge in [-0.3, -0.25) is 4.79 Å². The van der Waals surface area contributed by atoms with Gasteiger partial charge < -0.3 is 5.32 Å². The summed E-state index contributed by atoms with van der Waals surface area (Å²) in [4.78, 5) is 13.2. The number of benzene rings is 1. The van der Waals surface area contributed by atoms with Gasteiger partial charge in [-0.05, 0) is 76.1 Å². The molecule has 1 amide bonds. The van der Waals surface area contributed by atoms with E-state index in [1.54, 1.807) is 0 Å². The summed E-state index contributed by atoms with van der Waals surface area (Å²) in [6.45, 7) is 8.54. The van der Waals surface area contributed by atoms with Crippen LogP contribution in [0.4, 0.5) is 5.69 Å². The number of rotatable bonds is 5. The molecule has 1 radical (unpaired) electrons. The molecule has 2 nitrogen and oxygen atoms in total. The fourth-order valence-electron chi connectivity index (χ4n) is 4.30. The van der Waals surface area contributed by atoms with E-state index >= 15 is 0 Å². The monoisotopic (exact) mass is 457 g/mol. The first-order chi connectivity index (χ1) is 11.4. The van der Waals surface area contributed by atoms with Gasteiger partial charge in [0.25, 0.3) is 5.91 Å². The molecule has 1 aromatic carbocycles. The molecule has 0 aromatic heterocycles. The van der Waals surface area contributed by atoms with Gasteiger partial charge in [0, 0.05) is 50.7 Å². The van der Waals surface area contributed by atoms with E-state index in [1.165, 1.54) is 44.2 Å². The molecule has 0 saturated carbocycles. The van der Waals surface area contributed by atoms with Gasteiger partial charge in [0.05, 0.1) is 18.5 Å². The van der Waals surface area contributed by atoms with Gasteiger partial charge in [0.15, 0.2) is 0 Å². The minimum atomic E-state index is -1.20. The van der Waals surface area contributed by atoms with Gasteiger partial charge in [-0.1, -0.05) is 18.5 Å². The van der Waals surface area contributed by atoms with Crippen LogP contribution in [0.2, 0.25) is 5.02 Å². The molecule has 137 valence electrons. The Morgan fingerprint density at radius 2 is 1.64 bits per heavy atom. The van der Waals surface area contributed by atoms with E-state index in [1.807, 2.05) is 26.0 Å². The van der Waals surface area contributed by atoms with Crippen molar-refractivity contribution in [2.24, 2.45) is 0 Å². The number of carbonyl (C=O) groups is 1. The van der Waals surface area contributed by atoms with Crippen LogP contribution in [0.15, 0.2) is 12.1 Å². The summed E-state index contributed by atoms with van der Waals surface area (Å²) < 4.78 is 0. The topological polar surface area (TPSA) is 29.1 Å². The molecule has 1 unspecified atom stereocenters. The van der Waals surface area contributed by atoms with Crippen LogP contribution in [0.25, 0.3) is 0 Å². The van der Waals surface area contributed by atoms with E-state index in [9.17, 15) is 4.79 Å². The molecule has 1 N–H and O–H groups in total. The average molecular weight is 458 g/mol. The van der Waals surface area contributed by atoms with Crippen LogP contribution in [0.5, 0.6) is 0 Å². The van der Waals surface area contributed by atoms with Gasteiger partial charge in [0.2, 0.25) is 0 Å². The summed E-state index contributed by atoms with van der Waals surface area (Å²) in [5.41, 5.74) is 3.25. The molecular weight excluding hydrogens is 426 g/mol. The number of halogens is 1. The fourth-order valence-corrected chi connectivity index (χ4v) is 9.59. The summed E-state index contributed by atoms with van der Waals surface area (Å²) in [5, 5.41) is 4.00. The Morgan fingerprint density at radius 1 is 1.12 bits per heavy atom. The third-order valence-electron chi connectivity index (χ3n) is 5.68. The predicted molar refractivity (Wildman–Crippen MR) is 109 cm³/mol. The number of carbonyl (C=O) groups excluding carboxylic acids is 1. The summed E-state index contributed by atoms with van der Waals surface area (Å²) in [5.74, 6) is 0.239. The van der Waals surface area contributed by atoms with Crippen molar-refractivity contribution in [3.63, 3.8) is 0 Å². The van der Waals surface area contributed by atoms with Crippen LogP contribution >= 0.6 is 18.9 Å². The predicted octanol–water partition coefficient (Wildman–Crippen LogP) is 6.28. The largest absolute Gasteiger partial charge is 0.322 e. The molecule has 1 atom stereocenters. The maximum absolute atomic E-state index is 13.2. The minimum absolute atomic E-state index is 0. The molecule has 1 aliphatic rings. The smallest absolute Gasteiger partial charge is 0.265 e. The van der Waals surface area contributed by atoms with E-state index in [2.05, 4.69) is 19.2 Å². The van der Waals surface area contributed by atoms with Crippen LogP contribution in [0.3, 0.4) is 0 Å². The Labute approximate surface area is 184 Å². The number of aryl methyl sites for hydroxylation is 2. The third-order valence-corrected chi connectivity index (χ3v) is 11.5. The zero-order valence-electron chi connectivity index (χ0n) is 16.2. The summed E-state index contributed by atoms with van der Waals surface area (Å²) in [6, 6.07) is 3.86. The quantitative estimate of drug-likeness (QED) is 0.518. The van der Waals surface area contributed by atoms with Crippen molar-refractivity contribution in [2.45, 2.75) is 65.5 Å². The standard InChI is InChI=1S/C20H31ClNOP.Y/c1-5-18(24(6-2)11-9-7-8-10-12-24)20(23)22-19-15(3)13-17(21)14-16(19)4;/h13-14,18H,5-12H2,1-4H3;/p+1. The Morgan fingerprint density at radius 3 is 2.08 bits per heavy atom. The second-order valence-electron chi connectivity index (χ2n) is 7.22. The Kier molecular flexibility index (Phi) is 10.1. The van der Waals surface area contributed by atoms with Crippen molar-refractivity contribution < 1.29 is 37.5 Å². The number of anilines is 1. The summed E-state index contributed by atoms with van der Waals surface area (Å²) in [6.07, 6.45) is 10.1. The average Bonchev–Trinajstić information content (AvgIpc) is 2.78. The normalized spacial score (nSPS) is 18.0. The van der Waals surface area contributed by atoms with Crippen LogP contribution in [-0.2, 0) is 37.5 Å². The molecule has 1 heterocycles. The Balaban J connectivity index is 0.00000312. The van der Waals surface area contributed by atoms with Crippen molar-refractivity contribution in [1.29, 1.82) is 0 Å². The van der Waals surface area contributed by atoms with Gasteiger partial charge in [-0.15, -0.1) is 0 Å². The first kappa shape index (κ1) is 23.6. The van der Waals surface area contributed by atoms with E-state index in [0.717, 1.165) is 28.3 Å². The van der Waals surface area contributed by atoms with Gasteiger partial charge in [0.1, 0.15) is 5.66 Å². The van der Waals surface area contributed by atoms with E-state index in [0.29, 0.717) is 0 Å². The maximum atomic E-state index is 13.2. The van der Waals surface area contributed by atoms with E-state index in [4.69, 9.17) is 11.6 Å². The van der Waals surface area contributed by atoms with Gasteiger partial charge in [-0.2, -0.15) is 0 Å². The zero-order chi connectivity index (χ0) is 17.7. The van der Waals surface area contributed by atoms with Crippen molar-refractivity contribution in [3.05, 3.63) is 28.3 Å². The number of nitrogens with one attached hydrogen (secondary N) is 1.